The Balaban J connectivity index is 1.32. The molecule has 43 heavy (non-hydrogen) atoms. The van der Waals surface area contributed by atoms with Crippen molar-refractivity contribution in [3.63, 3.8) is 0 Å². The molecule has 1 saturated heterocycles. The molecule has 5 aromatic rings. The minimum Gasteiger partial charge on any atom is -0.337 e. The van der Waals surface area contributed by atoms with E-state index in [9.17, 15) is 35.9 Å². The highest BCUT2D eigenvalue weighted by molar-refractivity contribution is 5.93. The van der Waals surface area contributed by atoms with Gasteiger partial charge in [0.15, 0.2) is 17.3 Å². The van der Waals surface area contributed by atoms with Crippen LogP contribution in [-0.4, -0.2) is 48.2 Å². The topological polar surface area (TPSA) is 88.8 Å². The van der Waals surface area contributed by atoms with Crippen LogP contribution in [0.25, 0.3) is 28.0 Å². The molecule has 0 atom stereocenters. The number of fused-ring (bicyclic) bond motifs is 1. The number of likely N-dealkylation sites (tertiary alicyclic amines) is 1. The Morgan fingerprint density at radius 3 is 2.44 bits per heavy atom. The van der Waals surface area contributed by atoms with Crippen LogP contribution in [0, 0.1) is 24.4 Å². The fourth-order valence-corrected chi connectivity index (χ4v) is 5.47. The molecule has 0 spiro atoms. The zero-order valence-electron chi connectivity index (χ0n) is 22.4. The van der Waals surface area contributed by atoms with Crippen LogP contribution in [0.1, 0.15) is 40.5 Å². The summed E-state index contributed by atoms with van der Waals surface area (Å²) in [6.45, 7) is 1.49. The summed E-state index contributed by atoms with van der Waals surface area (Å²) in [4.78, 5) is 34.2. The number of aromatic nitrogens is 5. The summed E-state index contributed by atoms with van der Waals surface area (Å²) < 4.78 is 86.0. The lowest BCUT2D eigenvalue weighted by Crippen LogP contribution is -2.40. The average molecular weight is 601 g/mol. The molecule has 0 aliphatic carbocycles. The van der Waals surface area contributed by atoms with Crippen molar-refractivity contribution >= 4 is 16.9 Å². The quantitative estimate of drug-likeness (QED) is 0.264. The number of amides is 1. The van der Waals surface area contributed by atoms with E-state index in [4.69, 9.17) is 0 Å². The Labute approximate surface area is 239 Å². The first-order valence-corrected chi connectivity index (χ1v) is 13.2. The Morgan fingerprint density at radius 2 is 1.77 bits per heavy atom. The highest BCUT2D eigenvalue weighted by Crippen LogP contribution is 2.35. The van der Waals surface area contributed by atoms with Gasteiger partial charge in [-0.05, 0) is 67.8 Å². The number of halogens is 6. The van der Waals surface area contributed by atoms with Gasteiger partial charge < -0.3 is 9.88 Å². The minimum absolute atomic E-state index is 0.0785. The minimum atomic E-state index is -4.96. The predicted octanol–water partition coefficient (Wildman–Crippen LogP) is 5.80. The number of hydrogen-bond acceptors (Lipinski definition) is 4. The largest absolute Gasteiger partial charge is 0.419 e. The van der Waals surface area contributed by atoms with Gasteiger partial charge in [0.25, 0.3) is 5.91 Å². The number of carbonyl (C=O) groups is 1. The molecule has 0 bridgehead atoms. The SMILES string of the molecule is Cc1cc(-n2nc(C(=O)N3CCC(n4c(=O)[nH]c5ccc(F)c(F)c54)CC3)cc2-c2cccnc2)cc(C(F)(F)F)c1F. The molecule has 0 unspecified atom stereocenters. The summed E-state index contributed by atoms with van der Waals surface area (Å²) in [7, 11) is 0. The van der Waals surface area contributed by atoms with Crippen LogP contribution in [0.4, 0.5) is 26.3 Å². The molecule has 8 nitrogen and oxygen atoms in total. The normalized spacial score (nSPS) is 14.5. The van der Waals surface area contributed by atoms with Gasteiger partial charge in [0.1, 0.15) is 11.3 Å². The second-order valence-electron chi connectivity index (χ2n) is 10.3. The molecule has 0 radical (unpaired) electrons. The summed E-state index contributed by atoms with van der Waals surface area (Å²) in [5, 5.41) is 4.33. The number of benzene rings is 2. The van der Waals surface area contributed by atoms with Gasteiger partial charge in [-0.2, -0.15) is 18.3 Å². The van der Waals surface area contributed by atoms with Gasteiger partial charge in [0.05, 0.1) is 22.5 Å². The maximum absolute atomic E-state index is 14.6. The first kappa shape index (κ1) is 28.2. The molecule has 222 valence electrons. The van der Waals surface area contributed by atoms with Crippen molar-refractivity contribution in [2.45, 2.75) is 32.0 Å². The maximum atomic E-state index is 14.6. The Hall–Kier alpha value is -4.88. The third-order valence-electron chi connectivity index (χ3n) is 7.56. The summed E-state index contributed by atoms with van der Waals surface area (Å²) >= 11 is 0. The van der Waals surface area contributed by atoms with Gasteiger partial charge in [-0.25, -0.2) is 22.6 Å². The van der Waals surface area contributed by atoms with E-state index in [1.54, 1.807) is 12.1 Å². The van der Waals surface area contributed by atoms with E-state index >= 15 is 0 Å². The molecule has 1 N–H and O–H groups in total. The molecule has 1 amide bonds. The number of imidazole rings is 1. The van der Waals surface area contributed by atoms with Crippen molar-refractivity contribution in [2.75, 3.05) is 13.1 Å². The van der Waals surface area contributed by atoms with Crippen molar-refractivity contribution in [1.82, 2.24) is 29.2 Å². The number of H-pyrrole nitrogens is 1. The fraction of sp³-hybridized carbons (Fsp3) is 0.241. The Kier molecular flexibility index (Phi) is 6.86. The van der Waals surface area contributed by atoms with E-state index in [0.29, 0.717) is 11.6 Å². The molecular weight excluding hydrogens is 578 g/mol. The van der Waals surface area contributed by atoms with Crippen LogP contribution in [0.2, 0.25) is 0 Å². The summed E-state index contributed by atoms with van der Waals surface area (Å²) in [5.41, 5.74) is -1.81. The van der Waals surface area contributed by atoms with Gasteiger partial charge in [0, 0.05) is 37.1 Å². The number of nitrogens with zero attached hydrogens (tertiary/aromatic N) is 5. The van der Waals surface area contributed by atoms with Crippen LogP contribution in [0.15, 0.2) is 59.7 Å². The van der Waals surface area contributed by atoms with Gasteiger partial charge in [-0.3, -0.25) is 14.3 Å². The fourth-order valence-electron chi connectivity index (χ4n) is 5.47. The van der Waals surface area contributed by atoms with E-state index in [1.165, 1.54) is 47.0 Å². The smallest absolute Gasteiger partial charge is 0.337 e. The van der Waals surface area contributed by atoms with Crippen LogP contribution in [0.3, 0.4) is 0 Å². The maximum Gasteiger partial charge on any atom is 0.419 e. The van der Waals surface area contributed by atoms with Crippen LogP contribution in [-0.2, 0) is 6.18 Å². The van der Waals surface area contributed by atoms with Gasteiger partial charge in [-0.15, -0.1) is 0 Å². The molecule has 0 saturated carbocycles. The molecule has 4 heterocycles. The number of piperidine rings is 1. The zero-order chi connectivity index (χ0) is 30.6. The highest BCUT2D eigenvalue weighted by Gasteiger charge is 2.36. The predicted molar refractivity (Wildman–Crippen MR) is 143 cm³/mol. The first-order chi connectivity index (χ1) is 20.4. The van der Waals surface area contributed by atoms with Crippen molar-refractivity contribution in [1.29, 1.82) is 0 Å². The third-order valence-corrected chi connectivity index (χ3v) is 7.56. The molecule has 1 fully saturated rings. The van der Waals surface area contributed by atoms with Crippen molar-refractivity contribution < 1.29 is 31.1 Å². The number of carbonyl (C=O) groups excluding carboxylic acids is 1. The monoisotopic (exact) mass is 600 g/mol. The summed E-state index contributed by atoms with van der Waals surface area (Å²) in [6.07, 6.45) is -1.51. The summed E-state index contributed by atoms with van der Waals surface area (Å²) in [5.74, 6) is -4.16. The second-order valence-corrected chi connectivity index (χ2v) is 10.3. The van der Waals surface area contributed by atoms with Gasteiger partial charge in [0.2, 0.25) is 0 Å². The van der Waals surface area contributed by atoms with Crippen LogP contribution in [0.5, 0.6) is 0 Å². The average Bonchev–Trinajstić information content (AvgIpc) is 3.58. The molecule has 1 aliphatic heterocycles. The lowest BCUT2D eigenvalue weighted by molar-refractivity contribution is -0.140. The molecule has 6 rings (SSSR count). The van der Waals surface area contributed by atoms with Crippen molar-refractivity contribution in [2.24, 2.45) is 0 Å². The highest BCUT2D eigenvalue weighted by atomic mass is 19.4. The Morgan fingerprint density at radius 1 is 1.02 bits per heavy atom. The van der Waals surface area contributed by atoms with Gasteiger partial charge in [-0.1, -0.05) is 0 Å². The molecule has 3 aromatic heterocycles. The number of aromatic amines is 1. The van der Waals surface area contributed by atoms with E-state index in [0.717, 1.165) is 10.7 Å². The van der Waals surface area contributed by atoms with E-state index < -0.39 is 46.8 Å². The number of aryl methyl sites for hydroxylation is 1. The zero-order valence-corrected chi connectivity index (χ0v) is 22.4. The third kappa shape index (κ3) is 4.96. The standard InChI is InChI=1S/C29H22F6N6O2/c1-15-11-18(12-19(24(15)31)29(33,34)35)41-23(16-3-2-8-36-14-16)13-22(38-41)27(42)39-9-6-17(7-10-39)40-26-21(37-28(40)43)5-4-20(30)25(26)32/h2-5,8,11-14,17H,6-7,9-10H2,1H3,(H,37,43). The van der Waals surface area contributed by atoms with Gasteiger partial charge >= 0.3 is 11.9 Å². The van der Waals surface area contributed by atoms with E-state index in [2.05, 4.69) is 15.1 Å². The number of rotatable bonds is 4. The number of alkyl halides is 3. The molecule has 2 aromatic carbocycles. The number of pyridine rings is 1. The van der Waals surface area contributed by atoms with Crippen molar-refractivity contribution in [3.8, 4) is 16.9 Å². The first-order valence-electron chi connectivity index (χ1n) is 13.2. The van der Waals surface area contributed by atoms with Crippen molar-refractivity contribution in [3.05, 3.63) is 99.6 Å². The Bertz CT molecular complexity index is 1920. The second kappa shape index (κ2) is 10.4. The van der Waals surface area contributed by atoms with Crippen LogP contribution < -0.4 is 5.69 Å². The van der Waals surface area contributed by atoms with Crippen LogP contribution >= 0.6 is 0 Å². The lowest BCUT2D eigenvalue weighted by Gasteiger charge is -2.32. The molecule has 1 aliphatic rings. The van der Waals surface area contributed by atoms with E-state index in [1.807, 2.05) is 0 Å². The number of hydrogen-bond donors (Lipinski definition) is 1. The molecular formula is C29H22F6N6O2. The summed E-state index contributed by atoms with van der Waals surface area (Å²) in [6, 6.07) is 8.19. The number of nitrogens with one attached hydrogen (secondary N) is 1. The lowest BCUT2D eigenvalue weighted by atomic mass is 10.0. The molecule has 14 heteroatoms. The van der Waals surface area contributed by atoms with E-state index in [-0.39, 0.29) is 59.6 Å².